The molecule has 0 aliphatic carbocycles. The number of aromatic nitrogens is 2. The van der Waals surface area contributed by atoms with Crippen LogP contribution in [0.4, 0.5) is 13.2 Å². The molecule has 1 rings (SSSR count). The Hall–Kier alpha value is -1.59. The zero-order chi connectivity index (χ0) is 10.8. The molecule has 0 saturated heterocycles. The van der Waals surface area contributed by atoms with Crippen LogP contribution in [-0.4, -0.2) is 10.1 Å². The molecule has 14 heavy (non-hydrogen) atoms. The standard InChI is InChI=1S/C8H7F3N2O/c1-3-4-5(2)6-12-7(14-13-6)8(9,10)11/h3-4H,1H2,2H3/b5-4+. The molecule has 1 aromatic rings. The SMILES string of the molecule is C=C/C=C(\C)c1noc(C(F)(F)F)n1. The van der Waals surface area contributed by atoms with Gasteiger partial charge in [0.25, 0.3) is 0 Å². The van der Waals surface area contributed by atoms with Gasteiger partial charge in [-0.15, -0.1) is 0 Å². The quantitative estimate of drug-likeness (QED) is 0.695. The molecule has 0 unspecified atom stereocenters. The van der Waals surface area contributed by atoms with Crippen LogP contribution in [0.1, 0.15) is 18.6 Å². The highest BCUT2D eigenvalue weighted by atomic mass is 19.4. The zero-order valence-corrected chi connectivity index (χ0v) is 7.30. The van der Waals surface area contributed by atoms with Gasteiger partial charge in [-0.1, -0.05) is 23.9 Å². The van der Waals surface area contributed by atoms with E-state index in [0.29, 0.717) is 5.57 Å². The summed E-state index contributed by atoms with van der Waals surface area (Å²) < 4.78 is 40.1. The van der Waals surface area contributed by atoms with Gasteiger partial charge in [-0.3, -0.25) is 0 Å². The molecule has 1 heterocycles. The first-order chi connectivity index (χ1) is 6.45. The number of nitrogens with zero attached hydrogens (tertiary/aromatic N) is 2. The van der Waals surface area contributed by atoms with Crippen molar-refractivity contribution in [3.05, 3.63) is 30.4 Å². The summed E-state index contributed by atoms with van der Waals surface area (Å²) in [6.07, 6.45) is -1.68. The Morgan fingerprint density at radius 2 is 2.14 bits per heavy atom. The fraction of sp³-hybridized carbons (Fsp3) is 0.250. The maximum atomic E-state index is 12.0. The van der Waals surface area contributed by atoms with E-state index in [-0.39, 0.29) is 5.82 Å². The molecule has 0 bridgehead atoms. The van der Waals surface area contributed by atoms with Gasteiger partial charge in [0.2, 0.25) is 0 Å². The van der Waals surface area contributed by atoms with Gasteiger partial charge in [-0.05, 0) is 12.5 Å². The van der Waals surface area contributed by atoms with Gasteiger partial charge in [-0.2, -0.15) is 18.2 Å². The smallest absolute Gasteiger partial charge is 0.329 e. The Morgan fingerprint density at radius 1 is 1.50 bits per heavy atom. The summed E-state index contributed by atoms with van der Waals surface area (Å²) in [5, 5.41) is 3.18. The van der Waals surface area contributed by atoms with Gasteiger partial charge in [0.1, 0.15) is 0 Å². The molecule has 76 valence electrons. The molecule has 6 heteroatoms. The average Bonchev–Trinajstić information content (AvgIpc) is 2.51. The van der Waals surface area contributed by atoms with Gasteiger partial charge in [0.05, 0.1) is 0 Å². The van der Waals surface area contributed by atoms with E-state index >= 15 is 0 Å². The summed E-state index contributed by atoms with van der Waals surface area (Å²) in [5.41, 5.74) is 0.458. The molecule has 1 aromatic heterocycles. The van der Waals surface area contributed by atoms with Crippen molar-refractivity contribution in [2.75, 3.05) is 0 Å². The van der Waals surface area contributed by atoms with Crippen LogP contribution in [-0.2, 0) is 6.18 Å². The average molecular weight is 204 g/mol. The minimum Gasteiger partial charge on any atom is -0.329 e. The highest BCUT2D eigenvalue weighted by Gasteiger charge is 2.38. The predicted octanol–water partition coefficient (Wildman–Crippen LogP) is 2.68. The maximum absolute atomic E-state index is 12.0. The molecular weight excluding hydrogens is 197 g/mol. The summed E-state index contributed by atoms with van der Waals surface area (Å²) in [7, 11) is 0. The van der Waals surface area contributed by atoms with Crippen molar-refractivity contribution >= 4 is 5.57 Å². The number of alkyl halides is 3. The first-order valence-electron chi connectivity index (χ1n) is 3.65. The van der Waals surface area contributed by atoms with Crippen LogP contribution in [0.3, 0.4) is 0 Å². The Labute approximate surface area is 77.9 Å². The molecule has 0 aromatic carbocycles. The molecule has 0 saturated carbocycles. The lowest BCUT2D eigenvalue weighted by atomic mass is 10.3. The third kappa shape index (κ3) is 2.21. The summed E-state index contributed by atoms with van der Waals surface area (Å²) in [5.74, 6) is -1.43. The van der Waals surface area contributed by atoms with Crippen molar-refractivity contribution in [1.82, 2.24) is 10.1 Å². The predicted molar refractivity (Wildman–Crippen MR) is 43.1 cm³/mol. The van der Waals surface area contributed by atoms with Crippen LogP contribution in [0.5, 0.6) is 0 Å². The summed E-state index contributed by atoms with van der Waals surface area (Å²) in [6, 6.07) is 0. The van der Waals surface area contributed by atoms with Gasteiger partial charge in [0, 0.05) is 0 Å². The highest BCUT2D eigenvalue weighted by molar-refractivity contribution is 5.58. The van der Waals surface area contributed by atoms with Crippen LogP contribution in [0, 0.1) is 0 Å². The fourth-order valence-corrected chi connectivity index (χ4v) is 0.750. The molecule has 0 aliphatic rings. The minimum atomic E-state index is -4.60. The van der Waals surface area contributed by atoms with Crippen LogP contribution in [0.25, 0.3) is 5.57 Å². The number of allylic oxidation sites excluding steroid dienone is 3. The van der Waals surface area contributed by atoms with E-state index in [4.69, 9.17) is 0 Å². The fourth-order valence-electron chi connectivity index (χ4n) is 0.750. The molecule has 0 radical (unpaired) electrons. The lowest BCUT2D eigenvalue weighted by Gasteiger charge is -1.95. The van der Waals surface area contributed by atoms with Crippen LogP contribution in [0.15, 0.2) is 23.3 Å². The van der Waals surface area contributed by atoms with Crippen LogP contribution >= 0.6 is 0 Å². The zero-order valence-electron chi connectivity index (χ0n) is 7.30. The monoisotopic (exact) mass is 204 g/mol. The van der Waals surface area contributed by atoms with E-state index in [1.54, 1.807) is 6.92 Å². The van der Waals surface area contributed by atoms with Gasteiger partial charge in [-0.25, -0.2) is 0 Å². The van der Waals surface area contributed by atoms with Gasteiger partial charge < -0.3 is 4.52 Å². The van der Waals surface area contributed by atoms with Crippen molar-refractivity contribution in [2.45, 2.75) is 13.1 Å². The number of halogens is 3. The maximum Gasteiger partial charge on any atom is 0.471 e. The first kappa shape index (κ1) is 10.5. The molecule has 3 nitrogen and oxygen atoms in total. The van der Waals surface area contributed by atoms with E-state index in [1.165, 1.54) is 12.2 Å². The van der Waals surface area contributed by atoms with E-state index in [1.807, 2.05) is 0 Å². The van der Waals surface area contributed by atoms with Crippen molar-refractivity contribution in [3.8, 4) is 0 Å². The molecule has 0 aliphatic heterocycles. The first-order valence-corrected chi connectivity index (χ1v) is 3.65. The molecule has 0 spiro atoms. The normalized spacial score (nSPS) is 13.0. The molecule has 0 fully saturated rings. The lowest BCUT2D eigenvalue weighted by Crippen LogP contribution is -2.05. The lowest BCUT2D eigenvalue weighted by molar-refractivity contribution is -0.159. The van der Waals surface area contributed by atoms with Gasteiger partial charge in [0.15, 0.2) is 5.82 Å². The second-order valence-electron chi connectivity index (χ2n) is 2.51. The molecular formula is C8H7F3N2O. The molecule has 0 atom stereocenters. The van der Waals surface area contributed by atoms with E-state index in [2.05, 4.69) is 21.2 Å². The Kier molecular flexibility index (Phi) is 2.73. The van der Waals surface area contributed by atoms with E-state index in [9.17, 15) is 13.2 Å². The van der Waals surface area contributed by atoms with Crippen molar-refractivity contribution in [3.63, 3.8) is 0 Å². The Morgan fingerprint density at radius 3 is 2.57 bits per heavy atom. The summed E-state index contributed by atoms with van der Waals surface area (Å²) >= 11 is 0. The third-order valence-electron chi connectivity index (χ3n) is 1.39. The minimum absolute atomic E-state index is 0.0859. The number of hydrogen-bond donors (Lipinski definition) is 0. The Balaban J connectivity index is 3.00. The van der Waals surface area contributed by atoms with E-state index < -0.39 is 12.1 Å². The third-order valence-corrected chi connectivity index (χ3v) is 1.39. The van der Waals surface area contributed by atoms with E-state index in [0.717, 1.165) is 0 Å². The van der Waals surface area contributed by atoms with Gasteiger partial charge >= 0.3 is 12.1 Å². The Bertz CT molecular complexity index is 365. The van der Waals surface area contributed by atoms with Crippen LogP contribution < -0.4 is 0 Å². The topological polar surface area (TPSA) is 38.9 Å². The number of hydrogen-bond acceptors (Lipinski definition) is 3. The number of rotatable bonds is 2. The summed E-state index contributed by atoms with van der Waals surface area (Å²) in [6.45, 7) is 4.96. The van der Waals surface area contributed by atoms with Crippen molar-refractivity contribution in [2.24, 2.45) is 0 Å². The summed E-state index contributed by atoms with van der Waals surface area (Å²) in [4.78, 5) is 3.18. The molecule has 0 amide bonds. The second-order valence-corrected chi connectivity index (χ2v) is 2.51. The van der Waals surface area contributed by atoms with Crippen molar-refractivity contribution < 1.29 is 17.7 Å². The highest BCUT2D eigenvalue weighted by Crippen LogP contribution is 2.28. The largest absolute Gasteiger partial charge is 0.471 e. The van der Waals surface area contributed by atoms with Crippen molar-refractivity contribution in [1.29, 1.82) is 0 Å². The second kappa shape index (κ2) is 3.65. The molecule has 0 N–H and O–H groups in total. The van der Waals surface area contributed by atoms with Crippen LogP contribution in [0.2, 0.25) is 0 Å².